The van der Waals surface area contributed by atoms with Gasteiger partial charge in [-0.2, -0.15) is 0 Å². The Morgan fingerprint density at radius 2 is 2.08 bits per heavy atom. The molecule has 0 aliphatic heterocycles. The topological polar surface area (TPSA) is 42.0 Å². The summed E-state index contributed by atoms with van der Waals surface area (Å²) in [6.45, 7) is 2.04. The smallest absolute Gasteiger partial charge is 0.269 e. The predicted molar refractivity (Wildman–Crippen MR) is 105 cm³/mol. The molecular formula is C17H10ClFN2OS3. The Labute approximate surface area is 159 Å². The third-order valence-electron chi connectivity index (χ3n) is 3.52. The van der Waals surface area contributed by atoms with E-state index in [2.05, 4.69) is 10.3 Å². The van der Waals surface area contributed by atoms with E-state index < -0.39 is 0 Å². The van der Waals surface area contributed by atoms with E-state index in [0.29, 0.717) is 25.1 Å². The van der Waals surface area contributed by atoms with E-state index in [0.717, 1.165) is 10.6 Å². The minimum atomic E-state index is -0.354. The Morgan fingerprint density at radius 1 is 1.24 bits per heavy atom. The molecule has 126 valence electrons. The molecule has 0 aliphatic rings. The van der Waals surface area contributed by atoms with E-state index in [9.17, 15) is 9.18 Å². The number of aryl methyl sites for hydroxylation is 1. The highest BCUT2D eigenvalue weighted by Crippen LogP contribution is 2.36. The first-order valence-electron chi connectivity index (χ1n) is 7.22. The number of hydrogen-bond acceptors (Lipinski definition) is 5. The number of nitrogens with zero attached hydrogens (tertiary/aromatic N) is 1. The lowest BCUT2D eigenvalue weighted by Gasteiger charge is -1.99. The van der Waals surface area contributed by atoms with Crippen LogP contribution in [-0.2, 0) is 0 Å². The van der Waals surface area contributed by atoms with Crippen LogP contribution in [0.3, 0.4) is 0 Å². The first-order chi connectivity index (χ1) is 12.0. The summed E-state index contributed by atoms with van der Waals surface area (Å²) in [5, 5.41) is 6.20. The van der Waals surface area contributed by atoms with Crippen molar-refractivity contribution in [3.05, 3.63) is 56.3 Å². The average molecular weight is 409 g/mol. The summed E-state index contributed by atoms with van der Waals surface area (Å²) in [6.07, 6.45) is 0. The van der Waals surface area contributed by atoms with E-state index in [4.69, 9.17) is 11.6 Å². The number of benzene rings is 1. The van der Waals surface area contributed by atoms with Gasteiger partial charge in [0.2, 0.25) is 0 Å². The highest BCUT2D eigenvalue weighted by Gasteiger charge is 2.19. The summed E-state index contributed by atoms with van der Waals surface area (Å²) in [6, 6.07) is 8.34. The standard InChI is InChI=1S/C17H10ClFN2OS3/c1-8-2-5-12(24-8)11-7-23-17(20-11)21-16(22)15-14(18)10-4-3-9(19)6-13(10)25-15/h2-7H,1H3,(H,20,21,22). The largest absolute Gasteiger partial charge is 0.297 e. The van der Waals surface area contributed by atoms with E-state index in [1.54, 1.807) is 17.4 Å². The van der Waals surface area contributed by atoms with Crippen molar-refractivity contribution in [2.45, 2.75) is 6.92 Å². The highest BCUT2D eigenvalue weighted by molar-refractivity contribution is 7.22. The van der Waals surface area contributed by atoms with Crippen molar-refractivity contribution in [3.8, 4) is 10.6 Å². The first kappa shape index (κ1) is 16.7. The Kier molecular flexibility index (Phi) is 4.33. The van der Waals surface area contributed by atoms with Gasteiger partial charge in [0, 0.05) is 20.3 Å². The fourth-order valence-corrected chi connectivity index (χ4v) is 5.40. The van der Waals surface area contributed by atoms with Gasteiger partial charge in [-0.15, -0.1) is 34.0 Å². The molecule has 0 aliphatic carbocycles. The van der Waals surface area contributed by atoms with Gasteiger partial charge in [-0.3, -0.25) is 10.1 Å². The quantitative estimate of drug-likeness (QED) is 0.423. The molecule has 1 N–H and O–H groups in total. The number of carbonyl (C=O) groups excluding carboxylic acids is 1. The first-order valence-corrected chi connectivity index (χ1v) is 10.1. The van der Waals surface area contributed by atoms with Crippen molar-refractivity contribution in [3.63, 3.8) is 0 Å². The van der Waals surface area contributed by atoms with Gasteiger partial charge < -0.3 is 0 Å². The van der Waals surface area contributed by atoms with E-state index in [1.165, 1.54) is 39.7 Å². The van der Waals surface area contributed by atoms with Gasteiger partial charge >= 0.3 is 0 Å². The van der Waals surface area contributed by atoms with Crippen LogP contribution in [0.25, 0.3) is 20.7 Å². The highest BCUT2D eigenvalue weighted by atomic mass is 35.5. The lowest BCUT2D eigenvalue weighted by Crippen LogP contribution is -2.10. The number of fused-ring (bicyclic) bond motifs is 1. The molecule has 8 heteroatoms. The van der Waals surface area contributed by atoms with Gasteiger partial charge in [0.05, 0.1) is 15.6 Å². The average Bonchev–Trinajstić information content (AvgIpc) is 3.27. The minimum absolute atomic E-state index is 0.336. The molecule has 0 radical (unpaired) electrons. The SMILES string of the molecule is Cc1ccc(-c2csc(NC(=O)c3sc4cc(F)ccc4c3Cl)n2)s1. The Bertz CT molecular complexity index is 1100. The van der Waals surface area contributed by atoms with Crippen molar-refractivity contribution in [2.24, 2.45) is 0 Å². The van der Waals surface area contributed by atoms with Crippen molar-refractivity contribution in [1.82, 2.24) is 4.98 Å². The monoisotopic (exact) mass is 408 g/mol. The molecule has 4 rings (SSSR count). The second kappa shape index (κ2) is 6.49. The van der Waals surface area contributed by atoms with E-state index in [-0.39, 0.29) is 11.7 Å². The van der Waals surface area contributed by atoms with Crippen LogP contribution in [0.4, 0.5) is 9.52 Å². The van der Waals surface area contributed by atoms with Gasteiger partial charge in [0.25, 0.3) is 5.91 Å². The van der Waals surface area contributed by atoms with Crippen molar-refractivity contribution >= 4 is 66.7 Å². The second-order valence-electron chi connectivity index (χ2n) is 5.29. The van der Waals surface area contributed by atoms with Gasteiger partial charge in [0.15, 0.2) is 5.13 Å². The molecule has 0 bridgehead atoms. The molecular weight excluding hydrogens is 399 g/mol. The molecule has 3 nitrogen and oxygen atoms in total. The number of carbonyl (C=O) groups is 1. The summed E-state index contributed by atoms with van der Waals surface area (Å²) >= 11 is 10.5. The molecule has 1 amide bonds. The van der Waals surface area contributed by atoms with Crippen LogP contribution in [0.5, 0.6) is 0 Å². The molecule has 4 aromatic rings. The fourth-order valence-electron chi connectivity index (χ4n) is 2.36. The molecule has 3 aromatic heterocycles. The Hall–Kier alpha value is -1.80. The summed E-state index contributed by atoms with van der Waals surface area (Å²) in [7, 11) is 0. The zero-order chi connectivity index (χ0) is 17.6. The molecule has 0 fully saturated rings. The molecule has 0 atom stereocenters. The summed E-state index contributed by atoms with van der Waals surface area (Å²) in [5.41, 5.74) is 0.836. The lowest BCUT2D eigenvalue weighted by molar-refractivity contribution is 0.103. The maximum absolute atomic E-state index is 13.3. The number of amides is 1. The minimum Gasteiger partial charge on any atom is -0.297 e. The third-order valence-corrected chi connectivity index (χ3v) is 6.95. The fraction of sp³-hybridized carbons (Fsp3) is 0.0588. The number of halogens is 2. The summed E-state index contributed by atoms with van der Waals surface area (Å²) < 4.78 is 14.0. The Morgan fingerprint density at radius 3 is 2.84 bits per heavy atom. The molecule has 0 saturated carbocycles. The van der Waals surface area contributed by atoms with Crippen LogP contribution in [0.15, 0.2) is 35.7 Å². The van der Waals surface area contributed by atoms with Crippen LogP contribution in [0.1, 0.15) is 14.5 Å². The molecule has 25 heavy (non-hydrogen) atoms. The van der Waals surface area contributed by atoms with Crippen molar-refractivity contribution < 1.29 is 9.18 Å². The number of thiazole rings is 1. The third kappa shape index (κ3) is 3.20. The number of hydrogen-bond donors (Lipinski definition) is 1. The number of anilines is 1. The van der Waals surface area contributed by atoms with E-state index in [1.807, 2.05) is 24.4 Å². The van der Waals surface area contributed by atoms with Gasteiger partial charge in [-0.1, -0.05) is 11.6 Å². The van der Waals surface area contributed by atoms with Crippen molar-refractivity contribution in [2.75, 3.05) is 5.32 Å². The number of thiophene rings is 2. The van der Waals surface area contributed by atoms with Gasteiger partial charge in [-0.25, -0.2) is 9.37 Å². The van der Waals surface area contributed by atoms with Crippen LogP contribution >= 0.6 is 45.6 Å². The number of rotatable bonds is 3. The maximum atomic E-state index is 13.3. The summed E-state index contributed by atoms with van der Waals surface area (Å²) in [4.78, 5) is 19.6. The van der Waals surface area contributed by atoms with Crippen LogP contribution in [0, 0.1) is 12.7 Å². The number of nitrogens with one attached hydrogen (secondary N) is 1. The van der Waals surface area contributed by atoms with Crippen molar-refractivity contribution in [1.29, 1.82) is 0 Å². The second-order valence-corrected chi connectivity index (χ2v) is 8.86. The molecule has 1 aromatic carbocycles. The molecule has 0 saturated heterocycles. The maximum Gasteiger partial charge on any atom is 0.269 e. The molecule has 3 heterocycles. The number of aromatic nitrogens is 1. The normalized spacial score (nSPS) is 11.2. The van der Waals surface area contributed by atoms with E-state index >= 15 is 0 Å². The lowest BCUT2D eigenvalue weighted by atomic mass is 10.2. The van der Waals surface area contributed by atoms with Gasteiger partial charge in [-0.05, 0) is 37.3 Å². The van der Waals surface area contributed by atoms with Crippen LogP contribution < -0.4 is 5.32 Å². The van der Waals surface area contributed by atoms with Crippen LogP contribution in [-0.4, -0.2) is 10.9 Å². The van der Waals surface area contributed by atoms with Gasteiger partial charge in [0.1, 0.15) is 10.7 Å². The predicted octanol–water partition coefficient (Wildman–Crippen LogP) is 6.44. The zero-order valence-corrected chi connectivity index (χ0v) is 16.0. The molecule has 0 unspecified atom stereocenters. The molecule has 0 spiro atoms. The summed E-state index contributed by atoms with van der Waals surface area (Å²) in [5.74, 6) is -0.692. The zero-order valence-electron chi connectivity index (χ0n) is 12.8. The van der Waals surface area contributed by atoms with Crippen LogP contribution in [0.2, 0.25) is 5.02 Å². The Balaban J connectivity index is 1.60.